The SMILES string of the molecule is COc1cccc(CN(C(=O)CCCN(c2cc(C)cc(C)c2)S(C)(=O)=O)C(Cc2ccccc2)C(=O)NCC(C)C)c1. The van der Waals surface area contributed by atoms with Gasteiger partial charge in [0.1, 0.15) is 11.8 Å². The highest BCUT2D eigenvalue weighted by Crippen LogP contribution is 2.23. The molecule has 0 aliphatic carbocycles. The van der Waals surface area contributed by atoms with Crippen LogP contribution in [0.2, 0.25) is 0 Å². The summed E-state index contributed by atoms with van der Waals surface area (Å²) in [4.78, 5) is 29.3. The van der Waals surface area contributed by atoms with Crippen LogP contribution in [0.1, 0.15) is 48.9 Å². The minimum atomic E-state index is -3.58. The number of anilines is 1. The summed E-state index contributed by atoms with van der Waals surface area (Å²) in [5, 5.41) is 3.03. The molecule has 3 aromatic carbocycles. The topological polar surface area (TPSA) is 96.0 Å². The number of methoxy groups -OCH3 is 1. The number of carbonyl (C=O) groups excluding carboxylic acids is 2. The van der Waals surface area contributed by atoms with E-state index < -0.39 is 16.1 Å². The molecule has 1 unspecified atom stereocenters. The van der Waals surface area contributed by atoms with E-state index in [4.69, 9.17) is 4.74 Å². The summed E-state index contributed by atoms with van der Waals surface area (Å²) < 4.78 is 32.3. The van der Waals surface area contributed by atoms with E-state index in [2.05, 4.69) is 5.32 Å². The predicted molar refractivity (Wildman–Crippen MR) is 173 cm³/mol. The largest absolute Gasteiger partial charge is 0.497 e. The average Bonchev–Trinajstić information content (AvgIpc) is 2.95. The van der Waals surface area contributed by atoms with Crippen molar-refractivity contribution < 1.29 is 22.7 Å². The molecule has 1 atom stereocenters. The lowest BCUT2D eigenvalue weighted by atomic mass is 10.0. The van der Waals surface area contributed by atoms with E-state index in [1.54, 1.807) is 12.0 Å². The highest BCUT2D eigenvalue weighted by molar-refractivity contribution is 7.92. The van der Waals surface area contributed by atoms with Crippen molar-refractivity contribution in [2.75, 3.05) is 30.8 Å². The van der Waals surface area contributed by atoms with Crippen LogP contribution in [-0.2, 0) is 32.6 Å². The summed E-state index contributed by atoms with van der Waals surface area (Å²) in [5.41, 5.74) is 4.26. The Labute approximate surface area is 257 Å². The van der Waals surface area contributed by atoms with Crippen LogP contribution in [0.5, 0.6) is 5.75 Å². The lowest BCUT2D eigenvalue weighted by Crippen LogP contribution is -2.51. The summed E-state index contributed by atoms with van der Waals surface area (Å²) in [6.07, 6.45) is 1.89. The average molecular weight is 608 g/mol. The Bertz CT molecular complexity index is 1450. The van der Waals surface area contributed by atoms with Crippen LogP contribution >= 0.6 is 0 Å². The van der Waals surface area contributed by atoms with Crippen LogP contribution in [0.3, 0.4) is 0 Å². The first-order valence-corrected chi connectivity index (χ1v) is 16.5. The minimum Gasteiger partial charge on any atom is -0.497 e. The van der Waals surface area contributed by atoms with Gasteiger partial charge in [-0.3, -0.25) is 13.9 Å². The molecule has 3 rings (SSSR count). The van der Waals surface area contributed by atoms with Crippen LogP contribution < -0.4 is 14.4 Å². The lowest BCUT2D eigenvalue weighted by molar-refractivity contribution is -0.141. The van der Waals surface area contributed by atoms with Crippen LogP contribution in [0.15, 0.2) is 72.8 Å². The van der Waals surface area contributed by atoms with E-state index in [0.717, 1.165) is 22.3 Å². The molecule has 1 N–H and O–H groups in total. The Morgan fingerprint density at radius 2 is 1.56 bits per heavy atom. The normalized spacial score (nSPS) is 12.1. The highest BCUT2D eigenvalue weighted by atomic mass is 32.2. The van der Waals surface area contributed by atoms with Gasteiger partial charge in [0.15, 0.2) is 0 Å². The number of benzene rings is 3. The fourth-order valence-electron chi connectivity index (χ4n) is 5.04. The number of rotatable bonds is 15. The standard InChI is InChI=1S/C34H45N3O5S/c1-25(2)23-35-34(39)32(22-28-12-8-7-9-13-28)36(24-29-14-10-15-31(21-29)42-5)33(38)16-11-17-37(43(6,40)41)30-19-26(3)18-27(4)20-30/h7-10,12-15,18-21,25,32H,11,16-17,22-24H2,1-6H3,(H,35,39). The summed E-state index contributed by atoms with van der Waals surface area (Å²) >= 11 is 0. The van der Waals surface area contributed by atoms with Gasteiger partial charge < -0.3 is 15.0 Å². The monoisotopic (exact) mass is 607 g/mol. The van der Waals surface area contributed by atoms with Gasteiger partial charge in [0.25, 0.3) is 0 Å². The summed E-state index contributed by atoms with van der Waals surface area (Å²) in [6, 6.07) is 22.0. The summed E-state index contributed by atoms with van der Waals surface area (Å²) in [7, 11) is -2.00. The smallest absolute Gasteiger partial charge is 0.243 e. The molecule has 0 aliphatic heterocycles. The molecule has 0 radical (unpaired) electrons. The van der Waals surface area contributed by atoms with Gasteiger partial charge in [0.2, 0.25) is 21.8 Å². The molecular formula is C34H45N3O5S. The maximum absolute atomic E-state index is 14.0. The molecule has 0 saturated carbocycles. The van der Waals surface area contributed by atoms with E-state index in [-0.39, 0.29) is 37.2 Å². The first-order chi connectivity index (χ1) is 20.4. The summed E-state index contributed by atoms with van der Waals surface area (Å²) in [5.74, 6) is 0.459. The Kier molecular flexibility index (Phi) is 12.2. The number of amides is 2. The number of hydrogen-bond acceptors (Lipinski definition) is 5. The molecule has 3 aromatic rings. The number of hydrogen-bond donors (Lipinski definition) is 1. The second kappa shape index (κ2) is 15.6. The molecule has 0 aliphatic rings. The molecule has 43 heavy (non-hydrogen) atoms. The van der Waals surface area contributed by atoms with E-state index in [9.17, 15) is 18.0 Å². The maximum atomic E-state index is 14.0. The van der Waals surface area contributed by atoms with Crippen LogP contribution in [0, 0.1) is 19.8 Å². The number of aryl methyl sites for hydroxylation is 2. The molecule has 0 saturated heterocycles. The molecular weight excluding hydrogens is 562 g/mol. The van der Waals surface area contributed by atoms with E-state index >= 15 is 0 Å². The molecule has 0 spiro atoms. The van der Waals surface area contributed by atoms with Crippen molar-refractivity contribution in [3.8, 4) is 5.75 Å². The van der Waals surface area contributed by atoms with Gasteiger partial charge >= 0.3 is 0 Å². The first kappa shape index (κ1) is 33.6. The van der Waals surface area contributed by atoms with Crippen molar-refractivity contribution >= 4 is 27.5 Å². The van der Waals surface area contributed by atoms with E-state index in [0.29, 0.717) is 30.8 Å². The zero-order valence-corrected chi connectivity index (χ0v) is 27.0. The minimum absolute atomic E-state index is 0.0730. The van der Waals surface area contributed by atoms with Crippen LogP contribution in [-0.4, -0.2) is 57.6 Å². The predicted octanol–water partition coefficient (Wildman–Crippen LogP) is 5.27. The van der Waals surface area contributed by atoms with Crippen LogP contribution in [0.25, 0.3) is 0 Å². The molecule has 232 valence electrons. The van der Waals surface area contributed by atoms with Gasteiger partial charge in [-0.25, -0.2) is 8.42 Å². The molecule has 0 aromatic heterocycles. The Balaban J connectivity index is 1.91. The second-order valence-electron chi connectivity index (χ2n) is 11.5. The maximum Gasteiger partial charge on any atom is 0.243 e. The van der Waals surface area contributed by atoms with Crippen molar-refractivity contribution in [1.29, 1.82) is 0 Å². The van der Waals surface area contributed by atoms with Gasteiger partial charge in [-0.15, -0.1) is 0 Å². The third-order valence-corrected chi connectivity index (χ3v) is 8.28. The Hall–Kier alpha value is -3.85. The van der Waals surface area contributed by atoms with Crippen LogP contribution in [0.4, 0.5) is 5.69 Å². The van der Waals surface area contributed by atoms with Gasteiger partial charge in [0, 0.05) is 32.5 Å². The van der Waals surface area contributed by atoms with Crippen molar-refractivity contribution in [2.24, 2.45) is 5.92 Å². The van der Waals surface area contributed by atoms with Gasteiger partial charge in [-0.2, -0.15) is 0 Å². The molecule has 0 bridgehead atoms. The fraction of sp³-hybridized carbons (Fsp3) is 0.412. The molecule has 2 amide bonds. The second-order valence-corrected chi connectivity index (χ2v) is 13.4. The lowest BCUT2D eigenvalue weighted by Gasteiger charge is -2.32. The van der Waals surface area contributed by atoms with Crippen molar-refractivity contribution in [1.82, 2.24) is 10.2 Å². The van der Waals surface area contributed by atoms with Gasteiger partial charge in [0.05, 0.1) is 19.1 Å². The molecule has 0 heterocycles. The Morgan fingerprint density at radius 3 is 2.16 bits per heavy atom. The van der Waals surface area contributed by atoms with E-state index in [1.165, 1.54) is 10.6 Å². The van der Waals surface area contributed by atoms with Crippen molar-refractivity contribution in [3.05, 3.63) is 95.1 Å². The van der Waals surface area contributed by atoms with Crippen molar-refractivity contribution in [3.63, 3.8) is 0 Å². The number of sulfonamides is 1. The fourth-order valence-corrected chi connectivity index (χ4v) is 5.99. The van der Waals surface area contributed by atoms with Gasteiger partial charge in [-0.05, 0) is 72.7 Å². The quantitative estimate of drug-likeness (QED) is 0.254. The molecule has 8 nitrogen and oxygen atoms in total. The van der Waals surface area contributed by atoms with Crippen molar-refractivity contribution in [2.45, 2.75) is 59.5 Å². The molecule has 9 heteroatoms. The third kappa shape index (κ3) is 10.4. The summed E-state index contributed by atoms with van der Waals surface area (Å²) in [6.45, 7) is 8.73. The number of carbonyl (C=O) groups is 2. The number of ether oxygens (including phenoxy) is 1. The zero-order chi connectivity index (χ0) is 31.6. The highest BCUT2D eigenvalue weighted by Gasteiger charge is 2.30. The number of nitrogens with zero attached hydrogens (tertiary/aromatic N) is 2. The zero-order valence-electron chi connectivity index (χ0n) is 26.2. The molecule has 0 fully saturated rings. The number of nitrogens with one attached hydrogen (secondary N) is 1. The third-order valence-electron chi connectivity index (χ3n) is 7.09. The van der Waals surface area contributed by atoms with E-state index in [1.807, 2.05) is 100 Å². The van der Waals surface area contributed by atoms with Gasteiger partial charge in [-0.1, -0.05) is 62.4 Å². The first-order valence-electron chi connectivity index (χ1n) is 14.7. The Morgan fingerprint density at radius 1 is 0.907 bits per heavy atom.